The first-order chi connectivity index (χ1) is 7.65. The van der Waals surface area contributed by atoms with Crippen molar-refractivity contribution in [3.05, 3.63) is 40.7 Å². The number of benzene rings is 1. The number of hydrogen-bond acceptors (Lipinski definition) is 1. The van der Waals surface area contributed by atoms with Crippen LogP contribution in [0.2, 0.25) is 5.15 Å². The Kier molecular flexibility index (Phi) is 1.95. The Morgan fingerprint density at radius 1 is 1.12 bits per heavy atom. The third-order valence-electron chi connectivity index (χ3n) is 2.89. The first-order valence-electron chi connectivity index (χ1n) is 5.20. The van der Waals surface area contributed by atoms with Gasteiger partial charge in [0.15, 0.2) is 0 Å². The van der Waals surface area contributed by atoms with Crippen LogP contribution in [0, 0.1) is 13.8 Å². The van der Waals surface area contributed by atoms with E-state index in [2.05, 4.69) is 35.1 Å². The van der Waals surface area contributed by atoms with Crippen molar-refractivity contribution < 1.29 is 0 Å². The summed E-state index contributed by atoms with van der Waals surface area (Å²) in [6.45, 7) is 4.06. The Morgan fingerprint density at radius 2 is 1.94 bits per heavy atom. The van der Waals surface area contributed by atoms with Crippen LogP contribution in [-0.4, -0.2) is 9.97 Å². The maximum atomic E-state index is 6.00. The quantitative estimate of drug-likeness (QED) is 0.582. The Bertz CT molecular complexity index is 698. The molecule has 0 saturated carbocycles. The molecule has 0 bridgehead atoms. The van der Waals surface area contributed by atoms with E-state index >= 15 is 0 Å². The molecule has 0 aliphatic rings. The Hall–Kier alpha value is -1.54. The summed E-state index contributed by atoms with van der Waals surface area (Å²) >= 11 is 6.00. The van der Waals surface area contributed by atoms with Gasteiger partial charge in [0.2, 0.25) is 0 Å². The summed E-state index contributed by atoms with van der Waals surface area (Å²) in [5.74, 6) is 0. The molecule has 0 spiro atoms. The van der Waals surface area contributed by atoms with Crippen molar-refractivity contribution in [1.82, 2.24) is 9.97 Å². The van der Waals surface area contributed by atoms with E-state index in [1.54, 1.807) is 0 Å². The number of nitrogens with zero attached hydrogens (tertiary/aromatic N) is 1. The molecule has 3 aromatic rings. The van der Waals surface area contributed by atoms with Crippen molar-refractivity contribution in [1.29, 1.82) is 0 Å². The van der Waals surface area contributed by atoms with Crippen LogP contribution in [0.3, 0.4) is 0 Å². The normalized spacial score (nSPS) is 11.4. The van der Waals surface area contributed by atoms with E-state index in [-0.39, 0.29) is 0 Å². The zero-order valence-corrected chi connectivity index (χ0v) is 9.89. The molecular weight excluding hydrogens is 220 g/mol. The van der Waals surface area contributed by atoms with Gasteiger partial charge in [-0.2, -0.15) is 0 Å². The topological polar surface area (TPSA) is 28.7 Å². The van der Waals surface area contributed by atoms with Gasteiger partial charge in [0.05, 0.1) is 11.2 Å². The van der Waals surface area contributed by atoms with Crippen molar-refractivity contribution in [2.24, 2.45) is 0 Å². The number of H-pyrrole nitrogens is 1. The Labute approximate surface area is 98.3 Å². The van der Waals surface area contributed by atoms with Gasteiger partial charge in [-0.25, -0.2) is 4.98 Å². The highest BCUT2D eigenvalue weighted by Gasteiger charge is 2.08. The van der Waals surface area contributed by atoms with Gasteiger partial charge in [-0.15, -0.1) is 0 Å². The Morgan fingerprint density at radius 3 is 2.75 bits per heavy atom. The number of pyridine rings is 1. The first kappa shape index (κ1) is 9.67. The van der Waals surface area contributed by atoms with E-state index in [1.165, 1.54) is 10.9 Å². The molecule has 2 nitrogen and oxygen atoms in total. The van der Waals surface area contributed by atoms with Crippen molar-refractivity contribution in [3.8, 4) is 0 Å². The highest BCUT2D eigenvalue weighted by atomic mass is 35.5. The van der Waals surface area contributed by atoms with E-state index in [1.807, 2.05) is 13.0 Å². The third kappa shape index (κ3) is 1.30. The van der Waals surface area contributed by atoms with E-state index in [0.717, 1.165) is 22.1 Å². The largest absolute Gasteiger partial charge is 0.353 e. The van der Waals surface area contributed by atoms with E-state index in [0.29, 0.717) is 5.15 Å². The highest BCUT2D eigenvalue weighted by molar-refractivity contribution is 6.30. The molecule has 1 aromatic carbocycles. The van der Waals surface area contributed by atoms with Gasteiger partial charge in [0.1, 0.15) is 5.15 Å². The van der Waals surface area contributed by atoms with Gasteiger partial charge in [0.25, 0.3) is 0 Å². The SMILES string of the molecule is Cc1ccc2[nH]c3c(C)nc(Cl)cc3c2c1. The van der Waals surface area contributed by atoms with Crippen LogP contribution >= 0.6 is 11.6 Å². The fraction of sp³-hybridized carbons (Fsp3) is 0.154. The van der Waals surface area contributed by atoms with Crippen LogP contribution in [0.1, 0.15) is 11.3 Å². The van der Waals surface area contributed by atoms with Gasteiger partial charge >= 0.3 is 0 Å². The van der Waals surface area contributed by atoms with Gasteiger partial charge in [-0.3, -0.25) is 0 Å². The minimum Gasteiger partial charge on any atom is -0.353 e. The molecule has 2 aromatic heterocycles. The molecule has 0 radical (unpaired) electrons. The summed E-state index contributed by atoms with van der Waals surface area (Å²) in [5.41, 5.74) is 4.40. The zero-order valence-electron chi connectivity index (χ0n) is 9.13. The van der Waals surface area contributed by atoms with Crippen molar-refractivity contribution in [2.75, 3.05) is 0 Å². The summed E-state index contributed by atoms with van der Waals surface area (Å²) in [6.07, 6.45) is 0. The minimum absolute atomic E-state index is 0.549. The van der Waals surface area contributed by atoms with Gasteiger partial charge in [0, 0.05) is 16.3 Å². The second kappa shape index (κ2) is 3.22. The van der Waals surface area contributed by atoms with Gasteiger partial charge in [-0.1, -0.05) is 23.2 Å². The lowest BCUT2D eigenvalue weighted by Gasteiger charge is -1.96. The van der Waals surface area contributed by atoms with Crippen LogP contribution in [0.4, 0.5) is 0 Å². The van der Waals surface area contributed by atoms with Crippen LogP contribution in [-0.2, 0) is 0 Å². The second-order valence-electron chi connectivity index (χ2n) is 4.13. The molecule has 0 amide bonds. The maximum absolute atomic E-state index is 6.00. The molecule has 0 aliphatic heterocycles. The summed E-state index contributed by atoms with van der Waals surface area (Å²) in [4.78, 5) is 7.63. The van der Waals surface area contributed by atoms with Crippen LogP contribution < -0.4 is 0 Å². The zero-order chi connectivity index (χ0) is 11.3. The number of aromatic amines is 1. The van der Waals surface area contributed by atoms with E-state index < -0.39 is 0 Å². The number of aryl methyl sites for hydroxylation is 2. The van der Waals surface area contributed by atoms with Gasteiger partial charge < -0.3 is 4.98 Å². The van der Waals surface area contributed by atoms with Crippen LogP contribution in [0.15, 0.2) is 24.3 Å². The summed E-state index contributed by atoms with van der Waals surface area (Å²) in [7, 11) is 0. The lowest BCUT2D eigenvalue weighted by Crippen LogP contribution is -1.83. The number of halogens is 1. The van der Waals surface area contributed by atoms with Crippen molar-refractivity contribution >= 4 is 33.4 Å². The molecule has 1 N–H and O–H groups in total. The standard InChI is InChI=1S/C13H11ClN2/c1-7-3-4-11-9(5-7)10-6-12(14)15-8(2)13(10)16-11/h3-6,16H,1-2H3. The summed E-state index contributed by atoms with van der Waals surface area (Å²) < 4.78 is 0. The van der Waals surface area contributed by atoms with E-state index in [4.69, 9.17) is 11.6 Å². The summed E-state index contributed by atoms with van der Waals surface area (Å²) in [5, 5.41) is 2.91. The van der Waals surface area contributed by atoms with Crippen molar-refractivity contribution in [2.45, 2.75) is 13.8 Å². The molecule has 0 atom stereocenters. The van der Waals surface area contributed by atoms with Crippen molar-refractivity contribution in [3.63, 3.8) is 0 Å². The molecule has 2 heterocycles. The van der Waals surface area contributed by atoms with Crippen LogP contribution in [0.5, 0.6) is 0 Å². The average Bonchev–Trinajstić information content (AvgIpc) is 2.57. The Balaban J connectivity index is 2.57. The molecule has 0 fully saturated rings. The number of aromatic nitrogens is 2. The molecule has 0 saturated heterocycles. The lowest BCUT2D eigenvalue weighted by molar-refractivity contribution is 1.22. The number of nitrogens with one attached hydrogen (secondary N) is 1. The van der Waals surface area contributed by atoms with Gasteiger partial charge in [-0.05, 0) is 32.0 Å². The maximum Gasteiger partial charge on any atom is 0.130 e. The molecule has 0 unspecified atom stereocenters. The molecule has 3 heteroatoms. The predicted molar refractivity (Wildman–Crippen MR) is 68.1 cm³/mol. The minimum atomic E-state index is 0.549. The predicted octanol–water partition coefficient (Wildman–Crippen LogP) is 3.99. The molecule has 16 heavy (non-hydrogen) atoms. The number of rotatable bonds is 0. The fourth-order valence-corrected chi connectivity index (χ4v) is 2.37. The lowest BCUT2D eigenvalue weighted by atomic mass is 10.1. The highest BCUT2D eigenvalue weighted by Crippen LogP contribution is 2.29. The monoisotopic (exact) mass is 230 g/mol. The number of fused-ring (bicyclic) bond motifs is 3. The fourth-order valence-electron chi connectivity index (χ4n) is 2.13. The molecule has 0 aliphatic carbocycles. The molecule has 3 rings (SSSR count). The first-order valence-corrected chi connectivity index (χ1v) is 5.58. The summed E-state index contributed by atoms with van der Waals surface area (Å²) in [6, 6.07) is 8.28. The molecular formula is C13H11ClN2. The average molecular weight is 231 g/mol. The van der Waals surface area contributed by atoms with Crippen LogP contribution in [0.25, 0.3) is 21.8 Å². The van der Waals surface area contributed by atoms with E-state index in [9.17, 15) is 0 Å². The smallest absolute Gasteiger partial charge is 0.130 e. The number of hydrogen-bond donors (Lipinski definition) is 1. The third-order valence-corrected chi connectivity index (χ3v) is 3.09. The second-order valence-corrected chi connectivity index (χ2v) is 4.51. The molecule has 80 valence electrons.